The fourth-order valence-corrected chi connectivity index (χ4v) is 6.57. The van der Waals surface area contributed by atoms with Gasteiger partial charge < -0.3 is 10.2 Å². The summed E-state index contributed by atoms with van der Waals surface area (Å²) in [6, 6.07) is 21.6. The zero-order valence-electron chi connectivity index (χ0n) is 25.2. The summed E-state index contributed by atoms with van der Waals surface area (Å²) in [5, 5.41) is 3.16. The van der Waals surface area contributed by atoms with Crippen molar-refractivity contribution in [2.45, 2.75) is 76.9 Å². The third kappa shape index (κ3) is 8.66. The Morgan fingerprint density at radius 3 is 2.19 bits per heavy atom. The van der Waals surface area contributed by atoms with Gasteiger partial charge in [-0.15, -0.1) is 0 Å². The van der Waals surface area contributed by atoms with Gasteiger partial charge in [-0.1, -0.05) is 99.8 Å². The molecule has 1 atom stereocenters. The molecule has 0 unspecified atom stereocenters. The van der Waals surface area contributed by atoms with Gasteiger partial charge in [0, 0.05) is 24.6 Å². The van der Waals surface area contributed by atoms with Crippen LogP contribution in [0.15, 0.2) is 78.9 Å². The Balaban J connectivity index is 1.76. The van der Waals surface area contributed by atoms with E-state index in [9.17, 15) is 22.4 Å². The van der Waals surface area contributed by atoms with Gasteiger partial charge in [-0.25, -0.2) is 12.8 Å². The summed E-state index contributed by atoms with van der Waals surface area (Å²) in [6.45, 7) is 3.19. The van der Waals surface area contributed by atoms with Crippen LogP contribution in [0.5, 0.6) is 0 Å². The van der Waals surface area contributed by atoms with Gasteiger partial charge in [0.1, 0.15) is 18.4 Å². The molecule has 230 valence electrons. The van der Waals surface area contributed by atoms with Gasteiger partial charge in [0.25, 0.3) is 0 Å². The van der Waals surface area contributed by atoms with Crippen molar-refractivity contribution in [2.75, 3.05) is 17.1 Å². The van der Waals surface area contributed by atoms with Crippen LogP contribution in [-0.4, -0.2) is 50.0 Å². The van der Waals surface area contributed by atoms with Crippen molar-refractivity contribution in [1.29, 1.82) is 0 Å². The number of carbonyl (C=O) groups is 2. The van der Waals surface area contributed by atoms with Crippen LogP contribution in [-0.2, 0) is 32.6 Å². The fourth-order valence-electron chi connectivity index (χ4n) is 5.71. The van der Waals surface area contributed by atoms with Crippen LogP contribution in [0.4, 0.5) is 10.1 Å². The third-order valence-electron chi connectivity index (χ3n) is 8.03. The van der Waals surface area contributed by atoms with Crippen molar-refractivity contribution in [1.82, 2.24) is 10.2 Å². The highest BCUT2D eigenvalue weighted by Gasteiger charge is 2.35. The van der Waals surface area contributed by atoms with Crippen LogP contribution in [0.25, 0.3) is 0 Å². The lowest BCUT2D eigenvalue weighted by atomic mass is 9.94. The zero-order valence-corrected chi connectivity index (χ0v) is 26.0. The van der Waals surface area contributed by atoms with Crippen LogP contribution in [0.1, 0.15) is 68.6 Å². The Kier molecular flexibility index (Phi) is 11.0. The van der Waals surface area contributed by atoms with Gasteiger partial charge in [0.15, 0.2) is 0 Å². The first kappa shape index (κ1) is 32.2. The molecule has 1 aliphatic carbocycles. The van der Waals surface area contributed by atoms with Crippen molar-refractivity contribution >= 4 is 27.5 Å². The normalized spacial score (nSPS) is 14.7. The van der Waals surface area contributed by atoms with Crippen molar-refractivity contribution in [2.24, 2.45) is 0 Å². The van der Waals surface area contributed by atoms with Gasteiger partial charge in [0.05, 0.1) is 11.9 Å². The Labute approximate surface area is 255 Å². The van der Waals surface area contributed by atoms with Crippen LogP contribution < -0.4 is 9.62 Å². The summed E-state index contributed by atoms with van der Waals surface area (Å²) in [4.78, 5) is 29.7. The van der Waals surface area contributed by atoms with E-state index in [1.54, 1.807) is 30.3 Å². The first-order valence-corrected chi connectivity index (χ1v) is 16.8. The number of hydrogen-bond donors (Lipinski definition) is 1. The SMILES string of the molecule is CC(C)c1ccccc1N(CC(=O)N(Cc1ccccc1F)[C@H](Cc1ccccc1)C(=O)NC1CCCCC1)S(C)(=O)=O. The Morgan fingerprint density at radius 1 is 0.907 bits per heavy atom. The average Bonchev–Trinajstić information content (AvgIpc) is 2.99. The first-order chi connectivity index (χ1) is 20.5. The minimum Gasteiger partial charge on any atom is -0.352 e. The van der Waals surface area contributed by atoms with E-state index in [2.05, 4.69) is 5.32 Å². The van der Waals surface area contributed by atoms with Gasteiger partial charge in [-0.2, -0.15) is 0 Å². The molecular weight excluding hydrogens is 565 g/mol. The second-order valence-electron chi connectivity index (χ2n) is 11.6. The van der Waals surface area contributed by atoms with Crippen LogP contribution in [0, 0.1) is 5.82 Å². The summed E-state index contributed by atoms with van der Waals surface area (Å²) < 4.78 is 42.4. The summed E-state index contributed by atoms with van der Waals surface area (Å²) in [5.41, 5.74) is 2.26. The van der Waals surface area contributed by atoms with E-state index in [0.29, 0.717) is 5.69 Å². The number of nitrogens with zero attached hydrogens (tertiary/aromatic N) is 2. The van der Waals surface area contributed by atoms with E-state index >= 15 is 0 Å². The number of carbonyl (C=O) groups excluding carboxylic acids is 2. The van der Waals surface area contributed by atoms with Crippen molar-refractivity contribution < 1.29 is 22.4 Å². The molecule has 3 aromatic carbocycles. The molecule has 3 aromatic rings. The smallest absolute Gasteiger partial charge is 0.244 e. The number of sulfonamides is 1. The largest absolute Gasteiger partial charge is 0.352 e. The maximum absolute atomic E-state index is 15.0. The number of halogens is 1. The molecule has 0 aromatic heterocycles. The third-order valence-corrected chi connectivity index (χ3v) is 9.15. The highest BCUT2D eigenvalue weighted by Crippen LogP contribution is 2.29. The molecule has 1 aliphatic rings. The maximum Gasteiger partial charge on any atom is 0.244 e. The number of rotatable bonds is 12. The highest BCUT2D eigenvalue weighted by molar-refractivity contribution is 7.92. The lowest BCUT2D eigenvalue weighted by molar-refractivity contribution is -0.140. The minimum absolute atomic E-state index is 0.00262. The van der Waals surface area contributed by atoms with Crippen molar-refractivity contribution in [3.63, 3.8) is 0 Å². The molecular formula is C34H42FN3O4S. The second-order valence-corrected chi connectivity index (χ2v) is 13.6. The predicted octanol–water partition coefficient (Wildman–Crippen LogP) is 5.80. The minimum atomic E-state index is -3.90. The summed E-state index contributed by atoms with van der Waals surface area (Å²) >= 11 is 0. The molecule has 7 nitrogen and oxygen atoms in total. The fraction of sp³-hybridized carbons (Fsp3) is 0.412. The molecule has 1 saturated carbocycles. The van der Waals surface area contributed by atoms with Gasteiger partial charge >= 0.3 is 0 Å². The molecule has 1 fully saturated rings. The molecule has 0 spiro atoms. The van der Waals surface area contributed by atoms with Gasteiger partial charge in [-0.05, 0) is 42.0 Å². The van der Waals surface area contributed by atoms with E-state index in [-0.39, 0.29) is 36.4 Å². The lowest BCUT2D eigenvalue weighted by Crippen LogP contribution is -2.55. The topological polar surface area (TPSA) is 86.8 Å². The van der Waals surface area contributed by atoms with Crippen molar-refractivity contribution in [3.8, 4) is 0 Å². The number of anilines is 1. The summed E-state index contributed by atoms with van der Waals surface area (Å²) in [6.07, 6.45) is 6.14. The highest BCUT2D eigenvalue weighted by atomic mass is 32.2. The van der Waals surface area contributed by atoms with Crippen molar-refractivity contribution in [3.05, 3.63) is 101 Å². The molecule has 0 aliphatic heterocycles. The maximum atomic E-state index is 15.0. The Morgan fingerprint density at radius 2 is 1.53 bits per heavy atom. The van der Waals surface area contributed by atoms with E-state index in [4.69, 9.17) is 0 Å². The zero-order chi connectivity index (χ0) is 31.0. The number of benzene rings is 3. The number of nitrogens with one attached hydrogen (secondary N) is 1. The van der Waals surface area contributed by atoms with E-state index in [1.807, 2.05) is 56.3 Å². The van der Waals surface area contributed by atoms with E-state index in [0.717, 1.165) is 53.8 Å². The second kappa shape index (κ2) is 14.6. The van der Waals surface area contributed by atoms with Gasteiger partial charge in [0.2, 0.25) is 21.8 Å². The quantitative estimate of drug-likeness (QED) is 0.282. The standard InChI is InChI=1S/C34H42FN3O4S/c1-25(2)29-19-11-13-21-31(29)38(43(3,41)42)24-33(39)37(23-27-16-10-12-20-30(27)35)32(22-26-14-6-4-7-15-26)34(40)36-28-17-8-5-9-18-28/h4,6-7,10-16,19-21,25,28,32H,5,8-9,17-18,22-24H2,1-3H3,(H,36,40)/t32-/m1/s1. The molecule has 0 bridgehead atoms. The molecule has 1 N–H and O–H groups in total. The molecule has 0 heterocycles. The molecule has 43 heavy (non-hydrogen) atoms. The van der Waals surface area contributed by atoms with Crippen LogP contribution in [0.2, 0.25) is 0 Å². The van der Waals surface area contributed by atoms with E-state index in [1.165, 1.54) is 11.0 Å². The molecule has 9 heteroatoms. The molecule has 4 rings (SSSR count). The summed E-state index contributed by atoms with van der Waals surface area (Å²) in [5.74, 6) is -1.42. The molecule has 2 amide bonds. The van der Waals surface area contributed by atoms with E-state index < -0.39 is 34.3 Å². The average molecular weight is 608 g/mol. The monoisotopic (exact) mass is 607 g/mol. The Hall–Kier alpha value is -3.72. The predicted molar refractivity (Wildman–Crippen MR) is 169 cm³/mol. The molecule has 0 saturated heterocycles. The number of hydrogen-bond acceptors (Lipinski definition) is 4. The van der Waals surface area contributed by atoms with Crippen LogP contribution in [0.3, 0.4) is 0 Å². The number of para-hydroxylation sites is 1. The van der Waals surface area contributed by atoms with Crippen LogP contribution >= 0.6 is 0 Å². The molecule has 0 radical (unpaired) electrons. The first-order valence-electron chi connectivity index (χ1n) is 15.0. The summed E-state index contributed by atoms with van der Waals surface area (Å²) in [7, 11) is -3.90. The number of amides is 2. The lowest BCUT2D eigenvalue weighted by Gasteiger charge is -2.35. The van der Waals surface area contributed by atoms with Gasteiger partial charge in [-0.3, -0.25) is 13.9 Å². The Bertz CT molecular complexity index is 1490.